The van der Waals surface area contributed by atoms with Crippen molar-refractivity contribution >= 4 is 17.2 Å². The van der Waals surface area contributed by atoms with Crippen LogP contribution in [0.1, 0.15) is 44.0 Å². The highest BCUT2D eigenvalue weighted by Gasteiger charge is 2.35. The molecule has 4 nitrogen and oxygen atoms in total. The minimum absolute atomic E-state index is 0.129. The summed E-state index contributed by atoms with van der Waals surface area (Å²) in [5.41, 5.74) is 1.98. The van der Waals surface area contributed by atoms with Crippen molar-refractivity contribution in [3.05, 3.63) is 34.9 Å². The van der Waals surface area contributed by atoms with Gasteiger partial charge >= 0.3 is 0 Å². The second kappa shape index (κ2) is 7.21. The maximum Gasteiger partial charge on any atom is 0.225 e. The lowest BCUT2D eigenvalue weighted by atomic mass is 9.88. The highest BCUT2D eigenvalue weighted by Crippen LogP contribution is 2.37. The molecule has 0 bridgehead atoms. The normalized spacial score (nSPS) is 16.4. The summed E-state index contributed by atoms with van der Waals surface area (Å²) in [6.07, 6.45) is 9.84. The molecule has 1 aliphatic rings. The number of nitrogens with zero attached hydrogens (tertiary/aromatic N) is 2. The molecule has 3 rings (SSSR count). The summed E-state index contributed by atoms with van der Waals surface area (Å²) in [6.45, 7) is 2.83. The zero-order valence-electron chi connectivity index (χ0n) is 13.5. The minimum atomic E-state index is -0.129. The zero-order valence-corrected chi connectivity index (χ0v) is 14.4. The van der Waals surface area contributed by atoms with Crippen molar-refractivity contribution in [2.75, 3.05) is 6.54 Å². The fourth-order valence-electron chi connectivity index (χ4n) is 3.12. The van der Waals surface area contributed by atoms with Gasteiger partial charge in [-0.05, 0) is 31.4 Å². The first-order valence-corrected chi connectivity index (χ1v) is 9.18. The largest absolute Gasteiger partial charge is 0.356 e. The van der Waals surface area contributed by atoms with E-state index >= 15 is 0 Å². The molecule has 0 aromatic carbocycles. The van der Waals surface area contributed by atoms with E-state index in [4.69, 9.17) is 0 Å². The van der Waals surface area contributed by atoms with Gasteiger partial charge in [-0.15, -0.1) is 11.3 Å². The number of hydrogen-bond donors (Lipinski definition) is 1. The lowest BCUT2D eigenvalue weighted by Crippen LogP contribution is -2.37. The summed E-state index contributed by atoms with van der Waals surface area (Å²) in [5, 5.41) is 6.31. The van der Waals surface area contributed by atoms with Crippen LogP contribution in [-0.4, -0.2) is 22.4 Å². The Morgan fingerprint density at radius 2 is 2.04 bits per heavy atom. The van der Waals surface area contributed by atoms with E-state index in [1.807, 2.05) is 12.1 Å². The van der Waals surface area contributed by atoms with Gasteiger partial charge in [-0.2, -0.15) is 0 Å². The first-order valence-electron chi connectivity index (χ1n) is 8.30. The van der Waals surface area contributed by atoms with E-state index in [1.54, 1.807) is 23.7 Å². The van der Waals surface area contributed by atoms with Gasteiger partial charge in [0.15, 0.2) is 0 Å². The third-order valence-electron chi connectivity index (χ3n) is 4.64. The van der Waals surface area contributed by atoms with Crippen molar-refractivity contribution in [2.45, 2.75) is 45.4 Å². The van der Waals surface area contributed by atoms with Crippen LogP contribution in [0.2, 0.25) is 0 Å². The Balaban J connectivity index is 1.45. The highest BCUT2D eigenvalue weighted by molar-refractivity contribution is 7.09. The molecule has 1 N–H and O–H groups in total. The average molecular weight is 329 g/mol. The van der Waals surface area contributed by atoms with E-state index < -0.39 is 0 Å². The standard InChI is InChI=1S/C18H23N3OS/c1-18(8-2-3-9-18)17(22)20-10-4-5-16-21-15(13-23-16)14-6-11-19-12-7-14/h6-7,11-13H,2-5,8-10H2,1H3,(H,20,22). The van der Waals surface area contributed by atoms with E-state index in [1.165, 1.54) is 12.8 Å². The molecule has 0 radical (unpaired) electrons. The van der Waals surface area contributed by atoms with Crippen LogP contribution in [0.15, 0.2) is 29.9 Å². The number of aromatic nitrogens is 2. The van der Waals surface area contributed by atoms with Gasteiger partial charge in [0.05, 0.1) is 10.7 Å². The van der Waals surface area contributed by atoms with Crippen molar-refractivity contribution in [1.29, 1.82) is 0 Å². The number of rotatable bonds is 6. The van der Waals surface area contributed by atoms with Crippen molar-refractivity contribution in [3.63, 3.8) is 0 Å². The maximum absolute atomic E-state index is 12.2. The molecular weight excluding hydrogens is 306 g/mol. The van der Waals surface area contributed by atoms with Gasteiger partial charge in [0.25, 0.3) is 0 Å². The molecule has 2 aromatic heterocycles. The molecule has 0 spiro atoms. The summed E-state index contributed by atoms with van der Waals surface area (Å²) in [5.74, 6) is 0.228. The molecule has 23 heavy (non-hydrogen) atoms. The fraction of sp³-hybridized carbons (Fsp3) is 0.500. The van der Waals surface area contributed by atoms with E-state index in [2.05, 4.69) is 27.6 Å². The molecule has 2 heterocycles. The Bertz CT molecular complexity index is 647. The third-order valence-corrected chi connectivity index (χ3v) is 5.54. The van der Waals surface area contributed by atoms with Gasteiger partial charge in [0.2, 0.25) is 5.91 Å². The monoisotopic (exact) mass is 329 g/mol. The highest BCUT2D eigenvalue weighted by atomic mass is 32.1. The fourth-order valence-corrected chi connectivity index (χ4v) is 3.97. The molecule has 0 atom stereocenters. The van der Waals surface area contributed by atoms with Crippen molar-refractivity contribution in [3.8, 4) is 11.3 Å². The molecule has 0 saturated heterocycles. The summed E-state index contributed by atoms with van der Waals surface area (Å²) >= 11 is 1.68. The Hall–Kier alpha value is -1.75. The maximum atomic E-state index is 12.2. The molecule has 1 aliphatic carbocycles. The van der Waals surface area contributed by atoms with Crippen LogP contribution in [0.25, 0.3) is 11.3 Å². The van der Waals surface area contributed by atoms with Gasteiger partial charge in [-0.1, -0.05) is 19.8 Å². The van der Waals surface area contributed by atoms with Gasteiger partial charge < -0.3 is 5.32 Å². The molecule has 5 heteroatoms. The van der Waals surface area contributed by atoms with Crippen LogP contribution < -0.4 is 5.32 Å². The van der Waals surface area contributed by atoms with Gasteiger partial charge in [-0.3, -0.25) is 9.78 Å². The second-order valence-electron chi connectivity index (χ2n) is 6.49. The number of amides is 1. The predicted octanol–water partition coefficient (Wildman–Crippen LogP) is 3.83. The number of aryl methyl sites for hydroxylation is 1. The lowest BCUT2D eigenvalue weighted by molar-refractivity contribution is -0.129. The van der Waals surface area contributed by atoms with E-state index in [0.717, 1.165) is 48.5 Å². The molecular formula is C18H23N3OS. The number of carbonyl (C=O) groups excluding carboxylic acids is 1. The Morgan fingerprint density at radius 1 is 1.30 bits per heavy atom. The van der Waals surface area contributed by atoms with Crippen molar-refractivity contribution in [1.82, 2.24) is 15.3 Å². The van der Waals surface area contributed by atoms with Crippen molar-refractivity contribution in [2.24, 2.45) is 5.41 Å². The van der Waals surface area contributed by atoms with Crippen LogP contribution >= 0.6 is 11.3 Å². The minimum Gasteiger partial charge on any atom is -0.356 e. The van der Waals surface area contributed by atoms with Crippen LogP contribution in [0.3, 0.4) is 0 Å². The summed E-state index contributed by atoms with van der Waals surface area (Å²) in [6, 6.07) is 3.95. The van der Waals surface area contributed by atoms with Crippen LogP contribution in [0.4, 0.5) is 0 Å². The van der Waals surface area contributed by atoms with Crippen LogP contribution in [0, 0.1) is 5.41 Å². The Labute approximate surface area is 141 Å². The predicted molar refractivity (Wildman–Crippen MR) is 93.3 cm³/mol. The number of thiazole rings is 1. The quantitative estimate of drug-likeness (QED) is 0.819. The average Bonchev–Trinajstić information content (AvgIpc) is 3.22. The third kappa shape index (κ3) is 3.96. The van der Waals surface area contributed by atoms with E-state index in [-0.39, 0.29) is 11.3 Å². The molecule has 1 fully saturated rings. The summed E-state index contributed by atoms with van der Waals surface area (Å²) < 4.78 is 0. The lowest BCUT2D eigenvalue weighted by Gasteiger charge is -2.22. The summed E-state index contributed by atoms with van der Waals surface area (Å²) in [7, 11) is 0. The van der Waals surface area contributed by atoms with Crippen LogP contribution in [0.5, 0.6) is 0 Å². The Kier molecular flexibility index (Phi) is 5.06. The number of carbonyl (C=O) groups is 1. The molecule has 122 valence electrons. The van der Waals surface area contributed by atoms with E-state index in [9.17, 15) is 4.79 Å². The van der Waals surface area contributed by atoms with Crippen LogP contribution in [-0.2, 0) is 11.2 Å². The first-order chi connectivity index (χ1) is 11.2. The summed E-state index contributed by atoms with van der Waals surface area (Å²) in [4.78, 5) is 20.9. The molecule has 0 unspecified atom stereocenters. The number of hydrogen-bond acceptors (Lipinski definition) is 4. The number of pyridine rings is 1. The topological polar surface area (TPSA) is 54.9 Å². The zero-order chi connectivity index (χ0) is 16.1. The first kappa shape index (κ1) is 16.1. The second-order valence-corrected chi connectivity index (χ2v) is 7.43. The molecule has 2 aromatic rings. The molecule has 1 amide bonds. The van der Waals surface area contributed by atoms with Crippen molar-refractivity contribution < 1.29 is 4.79 Å². The Morgan fingerprint density at radius 3 is 2.78 bits per heavy atom. The van der Waals surface area contributed by atoms with Gasteiger partial charge in [-0.25, -0.2) is 4.98 Å². The number of nitrogens with one attached hydrogen (secondary N) is 1. The smallest absolute Gasteiger partial charge is 0.225 e. The molecule has 1 saturated carbocycles. The SMILES string of the molecule is CC1(C(=O)NCCCc2nc(-c3ccncc3)cs2)CCCC1. The molecule has 0 aliphatic heterocycles. The van der Waals surface area contributed by atoms with Gasteiger partial charge in [0, 0.05) is 41.7 Å². The van der Waals surface area contributed by atoms with E-state index in [0.29, 0.717) is 0 Å². The van der Waals surface area contributed by atoms with Gasteiger partial charge in [0.1, 0.15) is 0 Å².